The Morgan fingerprint density at radius 2 is 1.92 bits per heavy atom. The molecule has 8 heteroatoms. The highest BCUT2D eigenvalue weighted by Gasteiger charge is 2.45. The van der Waals surface area contributed by atoms with Crippen molar-refractivity contribution < 1.29 is 8.42 Å². The number of benzene rings is 1. The van der Waals surface area contributed by atoms with Gasteiger partial charge in [0.1, 0.15) is 9.84 Å². The van der Waals surface area contributed by atoms with Crippen LogP contribution >= 0.6 is 35.7 Å². The predicted octanol–water partition coefficient (Wildman–Crippen LogP) is 2.78. The van der Waals surface area contributed by atoms with Gasteiger partial charge in [-0.25, -0.2) is 8.42 Å². The number of hydrogen-bond acceptors (Lipinski definition) is 4. The molecule has 0 bridgehead atoms. The molecule has 1 saturated carbocycles. The highest BCUT2D eigenvalue weighted by molar-refractivity contribution is 14.0. The van der Waals surface area contributed by atoms with Crippen LogP contribution in [0.3, 0.4) is 0 Å². The van der Waals surface area contributed by atoms with Crippen LogP contribution in [-0.4, -0.2) is 51.8 Å². The van der Waals surface area contributed by atoms with Crippen molar-refractivity contribution in [3.8, 4) is 0 Å². The zero-order chi connectivity index (χ0) is 17.6. The van der Waals surface area contributed by atoms with E-state index in [2.05, 4.69) is 34.7 Å². The van der Waals surface area contributed by atoms with E-state index in [-0.39, 0.29) is 35.1 Å². The fourth-order valence-corrected chi connectivity index (χ4v) is 5.06. The maximum Gasteiger partial charge on any atom is 0.191 e. The molecule has 0 heterocycles. The van der Waals surface area contributed by atoms with Gasteiger partial charge >= 0.3 is 0 Å². The Kier molecular flexibility index (Phi) is 9.03. The smallest absolute Gasteiger partial charge is 0.191 e. The van der Waals surface area contributed by atoms with Crippen LogP contribution in [0.5, 0.6) is 0 Å². The molecule has 142 valence electrons. The topological polar surface area (TPSA) is 70.6 Å². The molecule has 0 amide bonds. The van der Waals surface area contributed by atoms with Crippen molar-refractivity contribution in [3.63, 3.8) is 0 Å². The van der Waals surface area contributed by atoms with Gasteiger partial charge in [0, 0.05) is 42.0 Å². The maximum atomic E-state index is 11.5. The lowest BCUT2D eigenvalue weighted by molar-refractivity contribution is 0.529. The Bertz CT molecular complexity index is 662. The number of guanidine groups is 1. The molecule has 1 aromatic carbocycles. The summed E-state index contributed by atoms with van der Waals surface area (Å²) < 4.78 is 23.0. The molecule has 1 fully saturated rings. The second-order valence-electron chi connectivity index (χ2n) is 6.62. The maximum absolute atomic E-state index is 11.5. The second-order valence-corrected chi connectivity index (χ2v) is 10.3. The molecule has 1 unspecified atom stereocenters. The molecule has 0 saturated heterocycles. The largest absolute Gasteiger partial charge is 0.356 e. The average Bonchev–Trinajstić information content (AvgIpc) is 3.26. The van der Waals surface area contributed by atoms with E-state index >= 15 is 0 Å². The van der Waals surface area contributed by atoms with Crippen LogP contribution in [0.25, 0.3) is 0 Å². The Morgan fingerprint density at radius 3 is 2.44 bits per heavy atom. The lowest BCUT2D eigenvalue weighted by atomic mass is 10.1. The van der Waals surface area contributed by atoms with Crippen LogP contribution < -0.4 is 10.6 Å². The first-order valence-corrected chi connectivity index (χ1v) is 11.1. The molecule has 2 N–H and O–H groups in total. The normalized spacial score (nSPS) is 17.3. The number of halogens is 1. The van der Waals surface area contributed by atoms with E-state index in [0.717, 1.165) is 25.3 Å². The summed E-state index contributed by atoms with van der Waals surface area (Å²) in [6.45, 7) is 3.61. The molecule has 0 radical (unpaired) electrons. The zero-order valence-electron chi connectivity index (χ0n) is 15.0. The van der Waals surface area contributed by atoms with Crippen LogP contribution in [0, 0.1) is 5.41 Å². The highest BCUT2D eigenvalue weighted by Crippen LogP contribution is 2.45. The molecule has 1 aliphatic rings. The first kappa shape index (κ1) is 22.6. The molecular formula is C17H28IN3O2S2. The van der Waals surface area contributed by atoms with Crippen molar-refractivity contribution >= 4 is 51.5 Å². The van der Waals surface area contributed by atoms with Crippen molar-refractivity contribution in [2.75, 3.05) is 32.1 Å². The van der Waals surface area contributed by atoms with E-state index in [0.29, 0.717) is 11.8 Å². The van der Waals surface area contributed by atoms with Crippen LogP contribution in [0.4, 0.5) is 0 Å². The number of thioether (sulfide) groups is 1. The SMILES string of the molecule is CN=C(NCC(C)Sc1ccccc1)NCC1(CS(C)(=O)=O)CC1.I. The van der Waals surface area contributed by atoms with Gasteiger partial charge in [0.15, 0.2) is 5.96 Å². The summed E-state index contributed by atoms with van der Waals surface area (Å²) in [6.07, 6.45) is 3.23. The van der Waals surface area contributed by atoms with Gasteiger partial charge < -0.3 is 10.6 Å². The van der Waals surface area contributed by atoms with E-state index < -0.39 is 9.84 Å². The molecule has 1 atom stereocenters. The Hall–Kier alpha value is -0.480. The van der Waals surface area contributed by atoms with Crippen molar-refractivity contribution in [2.45, 2.75) is 29.9 Å². The summed E-state index contributed by atoms with van der Waals surface area (Å²) in [5, 5.41) is 7.00. The highest BCUT2D eigenvalue weighted by atomic mass is 127. The van der Waals surface area contributed by atoms with E-state index in [9.17, 15) is 8.42 Å². The minimum Gasteiger partial charge on any atom is -0.356 e. The number of aliphatic imine (C=N–C) groups is 1. The third-order valence-corrected chi connectivity index (χ3v) is 6.27. The van der Waals surface area contributed by atoms with Crippen molar-refractivity contribution in [1.29, 1.82) is 0 Å². The van der Waals surface area contributed by atoms with Gasteiger partial charge in [0.05, 0.1) is 5.75 Å². The quantitative estimate of drug-likeness (QED) is 0.250. The van der Waals surface area contributed by atoms with Gasteiger partial charge in [0.2, 0.25) is 0 Å². The predicted molar refractivity (Wildman–Crippen MR) is 118 cm³/mol. The lowest BCUT2D eigenvalue weighted by Crippen LogP contribution is -2.43. The number of nitrogens with one attached hydrogen (secondary N) is 2. The van der Waals surface area contributed by atoms with Gasteiger partial charge in [-0.1, -0.05) is 25.1 Å². The minimum absolute atomic E-state index is 0. The van der Waals surface area contributed by atoms with E-state index in [4.69, 9.17) is 0 Å². The van der Waals surface area contributed by atoms with Crippen molar-refractivity contribution in [3.05, 3.63) is 30.3 Å². The number of nitrogens with zero attached hydrogens (tertiary/aromatic N) is 1. The Labute approximate surface area is 172 Å². The van der Waals surface area contributed by atoms with Gasteiger partial charge in [0.25, 0.3) is 0 Å². The fourth-order valence-electron chi connectivity index (χ4n) is 2.61. The van der Waals surface area contributed by atoms with E-state index in [1.54, 1.807) is 7.05 Å². The third-order valence-electron chi connectivity index (χ3n) is 4.02. The molecule has 1 aliphatic carbocycles. The molecule has 25 heavy (non-hydrogen) atoms. The zero-order valence-corrected chi connectivity index (χ0v) is 19.0. The monoisotopic (exact) mass is 497 g/mol. The number of hydrogen-bond donors (Lipinski definition) is 2. The minimum atomic E-state index is -2.94. The third kappa shape index (κ3) is 8.63. The number of rotatable bonds is 8. The summed E-state index contributed by atoms with van der Waals surface area (Å²) in [5.74, 6) is 0.986. The molecular weight excluding hydrogens is 469 g/mol. The first-order valence-electron chi connectivity index (χ1n) is 8.16. The molecule has 2 rings (SSSR count). The van der Waals surface area contributed by atoms with Crippen LogP contribution in [0.15, 0.2) is 40.2 Å². The van der Waals surface area contributed by atoms with E-state index in [1.165, 1.54) is 11.2 Å². The summed E-state index contributed by atoms with van der Waals surface area (Å²) in [6, 6.07) is 10.3. The van der Waals surface area contributed by atoms with Crippen LogP contribution in [0.2, 0.25) is 0 Å². The standard InChI is InChI=1S/C17H27N3O2S2.HI/c1-14(23-15-7-5-4-6-8-15)11-19-16(18-2)20-12-17(9-10-17)13-24(3,21)22;/h4-8,14H,9-13H2,1-3H3,(H2,18,19,20);1H. The number of sulfone groups is 1. The van der Waals surface area contributed by atoms with Gasteiger partial charge in [-0.3, -0.25) is 4.99 Å². The average molecular weight is 497 g/mol. The van der Waals surface area contributed by atoms with Gasteiger partial charge in [-0.2, -0.15) is 0 Å². The van der Waals surface area contributed by atoms with Gasteiger partial charge in [-0.15, -0.1) is 35.7 Å². The molecule has 0 spiro atoms. The second kappa shape index (κ2) is 10.0. The van der Waals surface area contributed by atoms with Crippen molar-refractivity contribution in [2.24, 2.45) is 10.4 Å². The summed E-state index contributed by atoms with van der Waals surface area (Å²) >= 11 is 1.82. The van der Waals surface area contributed by atoms with Gasteiger partial charge in [-0.05, 0) is 25.0 Å². The molecule has 0 aliphatic heterocycles. The Balaban J connectivity index is 0.00000312. The Morgan fingerprint density at radius 1 is 1.28 bits per heavy atom. The molecule has 1 aromatic rings. The van der Waals surface area contributed by atoms with Crippen LogP contribution in [0.1, 0.15) is 19.8 Å². The summed E-state index contributed by atoms with van der Waals surface area (Å²) in [4.78, 5) is 5.48. The summed E-state index contributed by atoms with van der Waals surface area (Å²) in [7, 11) is -1.20. The van der Waals surface area contributed by atoms with E-state index in [1.807, 2.05) is 30.0 Å². The molecule has 0 aromatic heterocycles. The molecule has 5 nitrogen and oxygen atoms in total. The fraction of sp³-hybridized carbons (Fsp3) is 0.588. The first-order chi connectivity index (χ1) is 11.3. The van der Waals surface area contributed by atoms with Crippen molar-refractivity contribution in [1.82, 2.24) is 10.6 Å². The van der Waals surface area contributed by atoms with Crippen LogP contribution in [-0.2, 0) is 9.84 Å². The summed E-state index contributed by atoms with van der Waals surface area (Å²) in [5.41, 5.74) is -0.102. The lowest BCUT2D eigenvalue weighted by Gasteiger charge is -2.19.